The molecular weight excluding hydrogens is 266 g/mol. The lowest BCUT2D eigenvalue weighted by Crippen LogP contribution is -2.35. The van der Waals surface area contributed by atoms with Crippen LogP contribution in [-0.2, 0) is 14.8 Å². The van der Waals surface area contributed by atoms with Crippen LogP contribution in [0.15, 0.2) is 29.2 Å². The van der Waals surface area contributed by atoms with Crippen LogP contribution in [0.1, 0.15) is 19.4 Å². The highest BCUT2D eigenvalue weighted by molar-refractivity contribution is 7.89. The molecule has 106 valence electrons. The number of aryl methyl sites for hydroxylation is 1. The van der Waals surface area contributed by atoms with Crippen LogP contribution in [0.25, 0.3) is 0 Å². The van der Waals surface area contributed by atoms with E-state index in [-0.39, 0.29) is 17.4 Å². The van der Waals surface area contributed by atoms with E-state index in [1.165, 1.54) is 6.07 Å². The number of rotatable bonds is 6. The van der Waals surface area contributed by atoms with Gasteiger partial charge in [-0.25, -0.2) is 13.1 Å². The largest absolute Gasteiger partial charge is 0.481 e. The van der Waals surface area contributed by atoms with Crippen molar-refractivity contribution in [2.24, 2.45) is 11.8 Å². The van der Waals surface area contributed by atoms with Crippen molar-refractivity contribution in [1.82, 2.24) is 4.72 Å². The Hall–Kier alpha value is -1.40. The van der Waals surface area contributed by atoms with Crippen molar-refractivity contribution in [2.75, 3.05) is 6.54 Å². The van der Waals surface area contributed by atoms with Crippen molar-refractivity contribution in [1.29, 1.82) is 0 Å². The van der Waals surface area contributed by atoms with Crippen LogP contribution in [0, 0.1) is 18.8 Å². The third kappa shape index (κ3) is 4.04. The SMILES string of the molecule is Cc1ccccc1S(=O)(=O)NCC(C(=O)O)C(C)C. The maximum absolute atomic E-state index is 12.1. The van der Waals surface area contributed by atoms with Crippen LogP contribution in [0.2, 0.25) is 0 Å². The Kier molecular flexibility index (Phi) is 5.08. The summed E-state index contributed by atoms with van der Waals surface area (Å²) in [6.07, 6.45) is 0. The summed E-state index contributed by atoms with van der Waals surface area (Å²) in [4.78, 5) is 11.2. The van der Waals surface area contributed by atoms with Crippen molar-refractivity contribution in [3.05, 3.63) is 29.8 Å². The molecule has 1 rings (SSSR count). The highest BCUT2D eigenvalue weighted by atomic mass is 32.2. The Balaban J connectivity index is 2.87. The van der Waals surface area contributed by atoms with E-state index in [0.29, 0.717) is 5.56 Å². The summed E-state index contributed by atoms with van der Waals surface area (Å²) in [6.45, 7) is 5.09. The first-order valence-corrected chi connectivity index (χ1v) is 7.52. The minimum atomic E-state index is -3.67. The van der Waals surface area contributed by atoms with E-state index < -0.39 is 21.9 Å². The molecular formula is C13H19NO4S. The fourth-order valence-electron chi connectivity index (χ4n) is 1.74. The smallest absolute Gasteiger partial charge is 0.308 e. The Morgan fingerprint density at radius 2 is 1.89 bits per heavy atom. The monoisotopic (exact) mass is 285 g/mol. The molecule has 19 heavy (non-hydrogen) atoms. The lowest BCUT2D eigenvalue weighted by atomic mass is 9.97. The molecule has 0 heterocycles. The first kappa shape index (κ1) is 15.7. The Morgan fingerprint density at radius 3 is 2.37 bits per heavy atom. The number of hydrogen-bond acceptors (Lipinski definition) is 3. The summed E-state index contributed by atoms with van der Waals surface area (Å²) < 4.78 is 26.6. The summed E-state index contributed by atoms with van der Waals surface area (Å²) in [5.41, 5.74) is 0.631. The van der Waals surface area contributed by atoms with Gasteiger partial charge >= 0.3 is 5.97 Å². The number of carboxylic acid groups (broad SMARTS) is 1. The van der Waals surface area contributed by atoms with Crippen LogP contribution in [0.4, 0.5) is 0 Å². The van der Waals surface area contributed by atoms with Crippen molar-refractivity contribution in [2.45, 2.75) is 25.7 Å². The quantitative estimate of drug-likeness (QED) is 0.832. The zero-order valence-electron chi connectivity index (χ0n) is 11.3. The van der Waals surface area contributed by atoms with E-state index in [1.807, 2.05) is 0 Å². The summed E-state index contributed by atoms with van der Waals surface area (Å²) in [5.74, 6) is -1.88. The summed E-state index contributed by atoms with van der Waals surface area (Å²) in [7, 11) is -3.67. The Labute approximate surface area is 113 Å². The number of nitrogens with one attached hydrogen (secondary N) is 1. The van der Waals surface area contributed by atoms with Crippen LogP contribution >= 0.6 is 0 Å². The molecule has 0 aliphatic rings. The average molecular weight is 285 g/mol. The minimum Gasteiger partial charge on any atom is -0.481 e. The summed E-state index contributed by atoms with van der Waals surface area (Å²) in [5, 5.41) is 9.03. The molecule has 0 bridgehead atoms. The topological polar surface area (TPSA) is 83.5 Å². The van der Waals surface area contributed by atoms with Gasteiger partial charge in [-0.15, -0.1) is 0 Å². The van der Waals surface area contributed by atoms with Gasteiger partial charge < -0.3 is 5.11 Å². The van der Waals surface area contributed by atoms with Gasteiger partial charge in [0.15, 0.2) is 0 Å². The van der Waals surface area contributed by atoms with Gasteiger partial charge in [0.25, 0.3) is 0 Å². The second-order valence-corrected chi connectivity index (χ2v) is 6.54. The van der Waals surface area contributed by atoms with Crippen LogP contribution in [-0.4, -0.2) is 26.0 Å². The molecule has 0 radical (unpaired) electrons. The van der Waals surface area contributed by atoms with Crippen molar-refractivity contribution in [3.63, 3.8) is 0 Å². The molecule has 0 aromatic heterocycles. The van der Waals surface area contributed by atoms with Gasteiger partial charge in [0.1, 0.15) is 0 Å². The molecule has 1 aromatic carbocycles. The molecule has 0 saturated carbocycles. The van der Waals surface area contributed by atoms with Crippen LogP contribution in [0.5, 0.6) is 0 Å². The van der Waals surface area contributed by atoms with Gasteiger partial charge in [-0.2, -0.15) is 0 Å². The third-order valence-electron chi connectivity index (χ3n) is 3.00. The Morgan fingerprint density at radius 1 is 1.32 bits per heavy atom. The fraction of sp³-hybridized carbons (Fsp3) is 0.462. The number of hydrogen-bond donors (Lipinski definition) is 2. The van der Waals surface area contributed by atoms with Crippen molar-refractivity contribution < 1.29 is 18.3 Å². The molecule has 0 aliphatic carbocycles. The van der Waals surface area contributed by atoms with Gasteiger partial charge in [0.2, 0.25) is 10.0 Å². The molecule has 2 N–H and O–H groups in total. The first-order valence-electron chi connectivity index (χ1n) is 6.04. The molecule has 0 spiro atoms. The van der Waals surface area contributed by atoms with E-state index in [1.54, 1.807) is 39.0 Å². The summed E-state index contributed by atoms with van der Waals surface area (Å²) in [6, 6.07) is 6.59. The Bertz CT molecular complexity index is 552. The number of aliphatic carboxylic acids is 1. The fourth-order valence-corrected chi connectivity index (χ4v) is 3.05. The highest BCUT2D eigenvalue weighted by Crippen LogP contribution is 2.15. The summed E-state index contributed by atoms with van der Waals surface area (Å²) >= 11 is 0. The zero-order chi connectivity index (χ0) is 14.6. The number of benzene rings is 1. The number of sulfonamides is 1. The average Bonchev–Trinajstić information content (AvgIpc) is 2.28. The van der Waals surface area contributed by atoms with Gasteiger partial charge in [-0.3, -0.25) is 4.79 Å². The molecule has 0 saturated heterocycles. The van der Waals surface area contributed by atoms with Gasteiger partial charge in [0, 0.05) is 6.54 Å². The van der Waals surface area contributed by atoms with Gasteiger partial charge in [-0.1, -0.05) is 32.0 Å². The lowest BCUT2D eigenvalue weighted by Gasteiger charge is -2.17. The molecule has 1 atom stereocenters. The van der Waals surface area contributed by atoms with E-state index >= 15 is 0 Å². The molecule has 6 heteroatoms. The molecule has 0 fully saturated rings. The molecule has 1 aromatic rings. The predicted octanol–water partition coefficient (Wildman–Crippen LogP) is 1.63. The normalized spacial score (nSPS) is 13.5. The maximum atomic E-state index is 12.1. The van der Waals surface area contributed by atoms with Crippen LogP contribution < -0.4 is 4.72 Å². The molecule has 1 unspecified atom stereocenters. The van der Waals surface area contributed by atoms with E-state index in [4.69, 9.17) is 5.11 Å². The molecule has 0 amide bonds. The van der Waals surface area contributed by atoms with Gasteiger partial charge in [-0.05, 0) is 24.5 Å². The highest BCUT2D eigenvalue weighted by Gasteiger charge is 2.24. The second-order valence-electron chi connectivity index (χ2n) is 4.81. The second kappa shape index (κ2) is 6.16. The van der Waals surface area contributed by atoms with Crippen molar-refractivity contribution >= 4 is 16.0 Å². The van der Waals surface area contributed by atoms with E-state index in [9.17, 15) is 13.2 Å². The van der Waals surface area contributed by atoms with Crippen molar-refractivity contribution in [3.8, 4) is 0 Å². The van der Waals surface area contributed by atoms with Gasteiger partial charge in [0.05, 0.1) is 10.8 Å². The molecule has 5 nitrogen and oxygen atoms in total. The minimum absolute atomic E-state index is 0.107. The third-order valence-corrected chi connectivity index (χ3v) is 4.58. The maximum Gasteiger partial charge on any atom is 0.308 e. The number of carbonyl (C=O) groups is 1. The van der Waals surface area contributed by atoms with Crippen LogP contribution in [0.3, 0.4) is 0 Å². The number of carboxylic acids is 1. The molecule has 0 aliphatic heterocycles. The first-order chi connectivity index (χ1) is 8.75. The standard InChI is InChI=1S/C13H19NO4S/c1-9(2)11(13(15)16)8-14-19(17,18)12-7-5-4-6-10(12)3/h4-7,9,11,14H,8H2,1-3H3,(H,15,16). The predicted molar refractivity (Wildman–Crippen MR) is 72.3 cm³/mol. The zero-order valence-corrected chi connectivity index (χ0v) is 12.1. The van der Waals surface area contributed by atoms with E-state index in [2.05, 4.69) is 4.72 Å². The lowest BCUT2D eigenvalue weighted by molar-refractivity contribution is -0.142. The van der Waals surface area contributed by atoms with E-state index in [0.717, 1.165) is 0 Å².